The van der Waals surface area contributed by atoms with Gasteiger partial charge in [0, 0.05) is 45.6 Å². The molecule has 1 aliphatic rings. The Morgan fingerprint density at radius 1 is 1.52 bits per heavy atom. The van der Waals surface area contributed by atoms with Gasteiger partial charge in [0.05, 0.1) is 12.9 Å². The fourth-order valence-electron chi connectivity index (χ4n) is 2.52. The summed E-state index contributed by atoms with van der Waals surface area (Å²) < 4.78 is 6.87. The van der Waals surface area contributed by atoms with Crippen LogP contribution in [0.5, 0.6) is 0 Å². The van der Waals surface area contributed by atoms with E-state index in [0.717, 1.165) is 13.0 Å². The Hall–Kier alpha value is -1.89. The van der Waals surface area contributed by atoms with E-state index in [4.69, 9.17) is 4.74 Å². The van der Waals surface area contributed by atoms with Gasteiger partial charge in [-0.25, -0.2) is 4.98 Å². The van der Waals surface area contributed by atoms with Gasteiger partial charge in [-0.3, -0.25) is 9.59 Å². The highest BCUT2D eigenvalue weighted by Crippen LogP contribution is 2.19. The minimum Gasteiger partial charge on any atom is -0.383 e. The minimum absolute atomic E-state index is 0.0625. The molecule has 1 atom stereocenters. The van der Waals surface area contributed by atoms with Crippen LogP contribution in [0.1, 0.15) is 19.3 Å². The molecule has 2 heterocycles. The fourth-order valence-corrected chi connectivity index (χ4v) is 2.52. The van der Waals surface area contributed by atoms with Gasteiger partial charge < -0.3 is 19.5 Å². The first kappa shape index (κ1) is 15.5. The summed E-state index contributed by atoms with van der Waals surface area (Å²) in [4.78, 5) is 29.7. The lowest BCUT2D eigenvalue weighted by molar-refractivity contribution is -0.135. The molecule has 0 spiro atoms. The summed E-state index contributed by atoms with van der Waals surface area (Å²) in [6, 6.07) is -0.336. The summed E-state index contributed by atoms with van der Waals surface area (Å²) >= 11 is 0. The van der Waals surface area contributed by atoms with Gasteiger partial charge in [0.15, 0.2) is 0 Å². The molecule has 0 radical (unpaired) electrons. The Balaban J connectivity index is 1.80. The van der Waals surface area contributed by atoms with E-state index in [9.17, 15) is 9.59 Å². The topological polar surface area (TPSA) is 76.5 Å². The number of amides is 2. The first-order valence-corrected chi connectivity index (χ1v) is 7.24. The van der Waals surface area contributed by atoms with Crippen molar-refractivity contribution in [2.24, 2.45) is 0 Å². The third-order valence-corrected chi connectivity index (χ3v) is 3.61. The molecular formula is C14H22N4O3. The van der Waals surface area contributed by atoms with Crippen LogP contribution in [0.3, 0.4) is 0 Å². The van der Waals surface area contributed by atoms with Crippen molar-refractivity contribution in [1.29, 1.82) is 0 Å². The molecule has 1 unspecified atom stereocenters. The van der Waals surface area contributed by atoms with Crippen LogP contribution in [-0.4, -0.2) is 59.1 Å². The van der Waals surface area contributed by atoms with Crippen molar-refractivity contribution in [3.8, 4) is 0 Å². The van der Waals surface area contributed by atoms with Crippen molar-refractivity contribution in [3.05, 3.63) is 18.7 Å². The highest BCUT2D eigenvalue weighted by atomic mass is 16.5. The number of nitrogens with zero attached hydrogens (tertiary/aromatic N) is 3. The zero-order chi connectivity index (χ0) is 15.1. The lowest BCUT2D eigenvalue weighted by Crippen LogP contribution is -2.45. The lowest BCUT2D eigenvalue weighted by atomic mass is 10.2. The van der Waals surface area contributed by atoms with E-state index in [1.54, 1.807) is 24.5 Å². The molecule has 1 saturated heterocycles. The van der Waals surface area contributed by atoms with Crippen LogP contribution in [-0.2, 0) is 20.9 Å². The van der Waals surface area contributed by atoms with Crippen LogP contribution in [0.4, 0.5) is 0 Å². The van der Waals surface area contributed by atoms with E-state index in [-0.39, 0.29) is 17.9 Å². The molecule has 1 aromatic heterocycles. The maximum atomic E-state index is 12.1. The second kappa shape index (κ2) is 7.78. The molecule has 2 amide bonds. The van der Waals surface area contributed by atoms with E-state index in [2.05, 4.69) is 10.3 Å². The van der Waals surface area contributed by atoms with Gasteiger partial charge in [-0.05, 0) is 12.8 Å². The number of carbonyl (C=O) groups excluding carboxylic acids is 2. The van der Waals surface area contributed by atoms with Crippen LogP contribution < -0.4 is 5.32 Å². The number of nitrogens with one attached hydrogen (secondary N) is 1. The van der Waals surface area contributed by atoms with Crippen LogP contribution in [0.15, 0.2) is 18.7 Å². The maximum absolute atomic E-state index is 12.1. The summed E-state index contributed by atoms with van der Waals surface area (Å²) in [5.74, 6) is -0.0203. The molecule has 7 nitrogen and oxygen atoms in total. The number of carbonyl (C=O) groups is 2. The van der Waals surface area contributed by atoms with Gasteiger partial charge in [-0.15, -0.1) is 0 Å². The van der Waals surface area contributed by atoms with Crippen molar-refractivity contribution in [1.82, 2.24) is 19.8 Å². The average molecular weight is 294 g/mol. The van der Waals surface area contributed by atoms with Crippen LogP contribution in [0.25, 0.3) is 0 Å². The molecule has 21 heavy (non-hydrogen) atoms. The summed E-state index contributed by atoms with van der Waals surface area (Å²) in [6.07, 6.45) is 7.23. The molecule has 2 rings (SSSR count). The zero-order valence-electron chi connectivity index (χ0n) is 12.3. The van der Waals surface area contributed by atoms with Gasteiger partial charge in [0.2, 0.25) is 11.8 Å². The fraction of sp³-hybridized carbons (Fsp3) is 0.643. The molecule has 0 saturated carbocycles. The molecule has 1 N–H and O–H groups in total. The Kier molecular flexibility index (Phi) is 5.74. The first-order chi connectivity index (χ1) is 10.2. The molecule has 1 aliphatic heterocycles. The second-order valence-corrected chi connectivity index (χ2v) is 5.08. The minimum atomic E-state index is -0.336. The number of imidazole rings is 1. The number of methoxy groups -OCH3 is 1. The van der Waals surface area contributed by atoms with E-state index in [1.807, 2.05) is 10.8 Å². The van der Waals surface area contributed by atoms with Crippen molar-refractivity contribution in [3.63, 3.8) is 0 Å². The van der Waals surface area contributed by atoms with Gasteiger partial charge in [-0.2, -0.15) is 0 Å². The molecule has 1 fully saturated rings. The third-order valence-electron chi connectivity index (χ3n) is 3.61. The monoisotopic (exact) mass is 294 g/mol. The Morgan fingerprint density at radius 2 is 2.38 bits per heavy atom. The second-order valence-electron chi connectivity index (χ2n) is 5.08. The number of aromatic nitrogens is 2. The van der Waals surface area contributed by atoms with E-state index < -0.39 is 0 Å². The Bertz CT molecular complexity index is 461. The van der Waals surface area contributed by atoms with Crippen LogP contribution >= 0.6 is 0 Å². The average Bonchev–Trinajstić information content (AvgIpc) is 3.10. The van der Waals surface area contributed by atoms with Crippen LogP contribution in [0, 0.1) is 0 Å². The van der Waals surface area contributed by atoms with Gasteiger partial charge in [-0.1, -0.05) is 0 Å². The molecule has 0 aliphatic carbocycles. The van der Waals surface area contributed by atoms with Crippen molar-refractivity contribution < 1.29 is 14.3 Å². The van der Waals surface area contributed by atoms with E-state index in [0.29, 0.717) is 32.5 Å². The number of aryl methyl sites for hydroxylation is 1. The Morgan fingerprint density at radius 3 is 3.10 bits per heavy atom. The number of likely N-dealkylation sites (tertiary alicyclic amines) is 1. The van der Waals surface area contributed by atoms with Crippen molar-refractivity contribution >= 4 is 11.8 Å². The largest absolute Gasteiger partial charge is 0.383 e. The van der Waals surface area contributed by atoms with Gasteiger partial charge >= 0.3 is 0 Å². The van der Waals surface area contributed by atoms with Gasteiger partial charge in [0.25, 0.3) is 0 Å². The maximum Gasteiger partial charge on any atom is 0.242 e. The Labute approximate surface area is 124 Å². The molecule has 1 aromatic rings. The molecule has 116 valence electrons. The summed E-state index contributed by atoms with van der Waals surface area (Å²) in [5, 5.41) is 2.81. The van der Waals surface area contributed by atoms with Crippen molar-refractivity contribution in [2.75, 3.05) is 26.8 Å². The summed E-state index contributed by atoms with van der Waals surface area (Å²) in [7, 11) is 1.59. The summed E-state index contributed by atoms with van der Waals surface area (Å²) in [5.41, 5.74) is 0. The molecular weight excluding hydrogens is 272 g/mol. The predicted molar refractivity (Wildman–Crippen MR) is 76.5 cm³/mol. The SMILES string of the molecule is COCCNC(=O)C1CCC(=O)N1CCCn1ccnc1. The standard InChI is InChI=1S/C14H22N4O3/c1-21-10-6-16-14(20)12-3-4-13(19)18(12)8-2-7-17-9-5-15-11-17/h5,9,11-12H,2-4,6-8,10H2,1H3,(H,16,20). The van der Waals surface area contributed by atoms with Gasteiger partial charge in [0.1, 0.15) is 6.04 Å². The zero-order valence-corrected chi connectivity index (χ0v) is 12.3. The number of rotatable bonds is 8. The molecule has 0 aromatic carbocycles. The molecule has 7 heteroatoms. The quantitative estimate of drug-likeness (QED) is 0.686. The smallest absolute Gasteiger partial charge is 0.242 e. The van der Waals surface area contributed by atoms with E-state index in [1.165, 1.54) is 0 Å². The third kappa shape index (κ3) is 4.29. The number of hydrogen-bond acceptors (Lipinski definition) is 4. The van der Waals surface area contributed by atoms with E-state index >= 15 is 0 Å². The predicted octanol–water partition coefficient (Wildman–Crippen LogP) is 0.0268. The first-order valence-electron chi connectivity index (χ1n) is 7.24. The lowest BCUT2D eigenvalue weighted by Gasteiger charge is -2.24. The molecule has 0 bridgehead atoms. The highest BCUT2D eigenvalue weighted by molar-refractivity contribution is 5.90. The summed E-state index contributed by atoms with van der Waals surface area (Å²) in [6.45, 7) is 2.34. The van der Waals surface area contributed by atoms with Crippen molar-refractivity contribution in [2.45, 2.75) is 31.8 Å². The number of ether oxygens (including phenoxy) is 1. The highest BCUT2D eigenvalue weighted by Gasteiger charge is 2.35. The normalized spacial score (nSPS) is 18.2. The number of hydrogen-bond donors (Lipinski definition) is 1. The van der Waals surface area contributed by atoms with Crippen LogP contribution in [0.2, 0.25) is 0 Å².